The largest absolute Gasteiger partial charge is 0.341 e. The molecule has 0 atom stereocenters. The van der Waals surface area contributed by atoms with Crippen molar-refractivity contribution in [3.8, 4) is 10.4 Å². The number of benzene rings is 1. The predicted octanol–water partition coefficient (Wildman–Crippen LogP) is 3.50. The van der Waals surface area contributed by atoms with Crippen LogP contribution >= 0.6 is 11.3 Å². The van der Waals surface area contributed by atoms with E-state index in [4.69, 9.17) is 0 Å². The lowest BCUT2D eigenvalue weighted by atomic mass is 10.1. The minimum atomic E-state index is -0.00260. The first-order chi connectivity index (χ1) is 11.6. The summed E-state index contributed by atoms with van der Waals surface area (Å²) in [7, 11) is 1.80. The molecule has 1 aliphatic rings. The lowest BCUT2D eigenvalue weighted by Gasteiger charge is -2.28. The maximum atomic E-state index is 12.5. The van der Waals surface area contributed by atoms with Crippen LogP contribution in [0.4, 0.5) is 0 Å². The average molecular weight is 342 g/mol. The monoisotopic (exact) mass is 342 g/mol. The van der Waals surface area contributed by atoms with Crippen LogP contribution in [0.15, 0.2) is 41.8 Å². The maximum Gasteiger partial charge on any atom is 0.253 e. The summed E-state index contributed by atoms with van der Waals surface area (Å²) in [4.78, 5) is 29.1. The van der Waals surface area contributed by atoms with Gasteiger partial charge in [-0.15, -0.1) is 11.3 Å². The molecule has 3 rings (SSSR count). The van der Waals surface area contributed by atoms with Crippen LogP contribution in [0.5, 0.6) is 0 Å². The molecule has 2 aromatic rings. The molecule has 1 aliphatic heterocycles. The molecule has 0 unspecified atom stereocenters. The van der Waals surface area contributed by atoms with Crippen LogP contribution in [0.25, 0.3) is 10.4 Å². The zero-order chi connectivity index (χ0) is 16.9. The van der Waals surface area contributed by atoms with E-state index in [1.807, 2.05) is 40.6 Å². The van der Waals surface area contributed by atoms with Crippen LogP contribution in [0.2, 0.25) is 0 Å². The summed E-state index contributed by atoms with van der Waals surface area (Å²) in [5.74, 6) is 0.208. The van der Waals surface area contributed by atoms with Crippen molar-refractivity contribution in [2.24, 2.45) is 0 Å². The van der Waals surface area contributed by atoms with Crippen LogP contribution in [0.3, 0.4) is 0 Å². The Balaban J connectivity index is 1.58. The zero-order valence-electron chi connectivity index (χ0n) is 13.9. The first-order valence-electron chi connectivity index (χ1n) is 8.32. The average Bonchev–Trinajstić information content (AvgIpc) is 3.15. The van der Waals surface area contributed by atoms with Gasteiger partial charge in [-0.1, -0.05) is 18.2 Å². The number of nitrogens with zero attached hydrogens (tertiary/aromatic N) is 2. The topological polar surface area (TPSA) is 40.6 Å². The van der Waals surface area contributed by atoms with Crippen molar-refractivity contribution >= 4 is 23.2 Å². The van der Waals surface area contributed by atoms with Gasteiger partial charge in [-0.3, -0.25) is 9.59 Å². The second-order valence-electron chi connectivity index (χ2n) is 6.12. The molecule has 0 N–H and O–H groups in total. The van der Waals surface area contributed by atoms with E-state index >= 15 is 0 Å². The molecule has 1 aromatic carbocycles. The Kier molecular flexibility index (Phi) is 5.30. The molecule has 0 spiro atoms. The highest BCUT2D eigenvalue weighted by atomic mass is 32.1. The molecular weight excluding hydrogens is 320 g/mol. The number of carbonyl (C=O) groups is 2. The van der Waals surface area contributed by atoms with Crippen molar-refractivity contribution < 1.29 is 9.59 Å². The number of piperidine rings is 1. The molecule has 126 valence electrons. The molecule has 0 aliphatic carbocycles. The highest BCUT2D eigenvalue weighted by molar-refractivity contribution is 7.13. The third kappa shape index (κ3) is 3.85. The number of rotatable bonds is 5. The Hall–Kier alpha value is -2.14. The van der Waals surface area contributed by atoms with E-state index in [-0.39, 0.29) is 11.8 Å². The number of hydrogen-bond acceptors (Lipinski definition) is 3. The smallest absolute Gasteiger partial charge is 0.253 e. The number of amides is 2. The Bertz CT molecular complexity index is 695. The number of likely N-dealkylation sites (tertiary alicyclic amines) is 1. The van der Waals surface area contributed by atoms with E-state index in [1.165, 1.54) is 4.88 Å². The predicted molar refractivity (Wildman–Crippen MR) is 97.1 cm³/mol. The van der Waals surface area contributed by atoms with E-state index < -0.39 is 0 Å². The van der Waals surface area contributed by atoms with Crippen LogP contribution in [0, 0.1) is 0 Å². The molecule has 5 heteroatoms. The maximum absolute atomic E-state index is 12.5. The van der Waals surface area contributed by atoms with Gasteiger partial charge in [-0.2, -0.15) is 0 Å². The van der Waals surface area contributed by atoms with Gasteiger partial charge in [0.15, 0.2) is 0 Å². The van der Waals surface area contributed by atoms with E-state index in [0.29, 0.717) is 25.1 Å². The van der Waals surface area contributed by atoms with Gasteiger partial charge in [0, 0.05) is 43.5 Å². The molecule has 2 amide bonds. The van der Waals surface area contributed by atoms with Gasteiger partial charge in [0.05, 0.1) is 0 Å². The van der Waals surface area contributed by atoms with Crippen molar-refractivity contribution in [1.82, 2.24) is 9.80 Å². The van der Waals surface area contributed by atoms with Crippen molar-refractivity contribution in [3.63, 3.8) is 0 Å². The fraction of sp³-hybridized carbons (Fsp3) is 0.368. The standard InChI is InChI=1S/C19H22N2O2S/c1-20(12-13-21-11-3-2-6-18(21)22)19(23)16-9-7-15(8-10-16)17-5-4-14-24-17/h4-5,7-10,14H,2-3,6,11-13H2,1H3. The molecule has 1 fully saturated rings. The fourth-order valence-electron chi connectivity index (χ4n) is 2.91. The van der Waals surface area contributed by atoms with Gasteiger partial charge in [-0.05, 0) is 42.0 Å². The second-order valence-corrected chi connectivity index (χ2v) is 7.07. The van der Waals surface area contributed by atoms with Crippen molar-refractivity contribution in [3.05, 3.63) is 47.3 Å². The van der Waals surface area contributed by atoms with E-state index in [2.05, 4.69) is 6.07 Å². The third-order valence-electron chi connectivity index (χ3n) is 4.41. The minimum absolute atomic E-state index is 0.00260. The van der Waals surface area contributed by atoms with Gasteiger partial charge >= 0.3 is 0 Å². The Labute approximate surface area is 146 Å². The summed E-state index contributed by atoms with van der Waals surface area (Å²) in [5, 5.41) is 2.05. The molecule has 1 saturated heterocycles. The second kappa shape index (κ2) is 7.62. The lowest BCUT2D eigenvalue weighted by Crippen LogP contribution is -2.41. The molecule has 0 bridgehead atoms. The summed E-state index contributed by atoms with van der Waals surface area (Å²) in [5.41, 5.74) is 1.81. The Morgan fingerprint density at radius 2 is 2.00 bits per heavy atom. The van der Waals surface area contributed by atoms with E-state index in [1.54, 1.807) is 23.3 Å². The molecular formula is C19H22N2O2S. The van der Waals surface area contributed by atoms with Crippen LogP contribution in [0.1, 0.15) is 29.6 Å². The molecule has 0 radical (unpaired) electrons. The van der Waals surface area contributed by atoms with Gasteiger partial charge in [0.25, 0.3) is 5.91 Å². The van der Waals surface area contributed by atoms with Crippen LogP contribution < -0.4 is 0 Å². The Morgan fingerprint density at radius 1 is 1.21 bits per heavy atom. The summed E-state index contributed by atoms with van der Waals surface area (Å²) >= 11 is 1.69. The van der Waals surface area contributed by atoms with Crippen molar-refractivity contribution in [2.75, 3.05) is 26.7 Å². The van der Waals surface area contributed by atoms with Gasteiger partial charge in [0.2, 0.25) is 5.91 Å². The molecule has 0 saturated carbocycles. The summed E-state index contributed by atoms with van der Waals surface area (Å²) in [6.07, 6.45) is 2.69. The van der Waals surface area contributed by atoms with Crippen LogP contribution in [-0.4, -0.2) is 48.3 Å². The normalized spacial score (nSPS) is 14.7. The molecule has 1 aromatic heterocycles. The minimum Gasteiger partial charge on any atom is -0.341 e. The highest BCUT2D eigenvalue weighted by Gasteiger charge is 2.19. The SMILES string of the molecule is CN(CCN1CCCCC1=O)C(=O)c1ccc(-c2cccs2)cc1. The molecule has 24 heavy (non-hydrogen) atoms. The first kappa shape index (κ1) is 16.7. The summed E-state index contributed by atoms with van der Waals surface area (Å²) in [6.45, 7) is 2.00. The van der Waals surface area contributed by atoms with Crippen molar-refractivity contribution in [2.45, 2.75) is 19.3 Å². The number of likely N-dealkylation sites (N-methyl/N-ethyl adjacent to an activating group) is 1. The first-order valence-corrected chi connectivity index (χ1v) is 9.20. The van der Waals surface area contributed by atoms with E-state index in [0.717, 1.165) is 24.9 Å². The van der Waals surface area contributed by atoms with Crippen molar-refractivity contribution in [1.29, 1.82) is 0 Å². The molecule has 4 nitrogen and oxygen atoms in total. The number of carbonyl (C=O) groups excluding carboxylic acids is 2. The van der Waals surface area contributed by atoms with Gasteiger partial charge < -0.3 is 9.80 Å². The third-order valence-corrected chi connectivity index (χ3v) is 5.33. The van der Waals surface area contributed by atoms with Gasteiger partial charge in [-0.25, -0.2) is 0 Å². The zero-order valence-corrected chi connectivity index (χ0v) is 14.7. The molecule has 2 heterocycles. The van der Waals surface area contributed by atoms with Crippen LogP contribution in [-0.2, 0) is 4.79 Å². The Morgan fingerprint density at radius 3 is 2.67 bits per heavy atom. The lowest BCUT2D eigenvalue weighted by molar-refractivity contribution is -0.133. The quantitative estimate of drug-likeness (QED) is 0.834. The summed E-state index contributed by atoms with van der Waals surface area (Å²) < 4.78 is 0. The fourth-order valence-corrected chi connectivity index (χ4v) is 3.64. The highest BCUT2D eigenvalue weighted by Crippen LogP contribution is 2.24. The van der Waals surface area contributed by atoms with E-state index in [9.17, 15) is 9.59 Å². The number of thiophene rings is 1. The number of hydrogen-bond donors (Lipinski definition) is 0. The summed E-state index contributed by atoms with van der Waals surface area (Å²) in [6, 6.07) is 11.8. The van der Waals surface area contributed by atoms with Gasteiger partial charge in [0.1, 0.15) is 0 Å².